The molecule has 1 aromatic carbocycles. The van der Waals surface area contributed by atoms with E-state index in [2.05, 4.69) is 10.0 Å². The minimum absolute atomic E-state index is 0.0306. The highest BCUT2D eigenvalue weighted by molar-refractivity contribution is 7.90. The summed E-state index contributed by atoms with van der Waals surface area (Å²) in [7, 11) is -5.71. The molecule has 1 aliphatic rings. The van der Waals surface area contributed by atoms with E-state index in [1.54, 1.807) is 20.0 Å². The Labute approximate surface area is 150 Å². The predicted molar refractivity (Wildman–Crippen MR) is 97.5 cm³/mol. The van der Waals surface area contributed by atoms with Crippen LogP contribution in [0.3, 0.4) is 0 Å². The third-order valence-electron chi connectivity index (χ3n) is 4.48. The van der Waals surface area contributed by atoms with Crippen LogP contribution in [0, 0.1) is 6.92 Å². The van der Waals surface area contributed by atoms with Gasteiger partial charge < -0.3 is 5.32 Å². The number of aryl methyl sites for hydroxylation is 1. The maximum absolute atomic E-state index is 12.9. The summed E-state index contributed by atoms with van der Waals surface area (Å²) in [5.41, 5.74) is 0.549. The zero-order chi connectivity index (χ0) is 18.7. The Balaban J connectivity index is 2.34. The number of hydrogen-bond acceptors (Lipinski definition) is 5. The quantitative estimate of drug-likeness (QED) is 0.727. The first-order valence-corrected chi connectivity index (χ1v) is 11.4. The van der Waals surface area contributed by atoms with Crippen LogP contribution < -0.4 is 10.0 Å². The minimum atomic E-state index is -3.77. The normalized spacial score (nSPS) is 18.2. The van der Waals surface area contributed by atoms with Gasteiger partial charge in [0.2, 0.25) is 20.0 Å². The molecule has 142 valence electrons. The molecule has 7 nitrogen and oxygen atoms in total. The lowest BCUT2D eigenvalue weighted by molar-refractivity contribution is 0.346. The number of benzene rings is 1. The van der Waals surface area contributed by atoms with E-state index >= 15 is 0 Å². The Morgan fingerprint density at radius 1 is 1.12 bits per heavy atom. The molecule has 1 heterocycles. The van der Waals surface area contributed by atoms with Crippen molar-refractivity contribution in [1.29, 1.82) is 0 Å². The third-order valence-corrected chi connectivity index (χ3v) is 7.94. The number of rotatable bonds is 7. The molecule has 0 bridgehead atoms. The van der Waals surface area contributed by atoms with E-state index in [1.807, 2.05) is 6.92 Å². The van der Waals surface area contributed by atoms with Crippen molar-refractivity contribution < 1.29 is 16.8 Å². The van der Waals surface area contributed by atoms with E-state index in [0.717, 1.165) is 19.3 Å². The summed E-state index contributed by atoms with van der Waals surface area (Å²) in [5.74, 6) is 0. The van der Waals surface area contributed by atoms with Crippen LogP contribution in [0.1, 0.15) is 31.7 Å². The van der Waals surface area contributed by atoms with Crippen molar-refractivity contribution >= 4 is 20.0 Å². The number of hydrogen-bond donors (Lipinski definition) is 2. The Bertz CT molecular complexity index is 801. The van der Waals surface area contributed by atoms with Crippen molar-refractivity contribution in [2.75, 3.05) is 26.7 Å². The number of nitrogens with one attached hydrogen (secondary N) is 2. The first kappa shape index (κ1) is 20.3. The average Bonchev–Trinajstić information content (AvgIpc) is 2.60. The van der Waals surface area contributed by atoms with Gasteiger partial charge in [0.05, 0.1) is 9.79 Å². The van der Waals surface area contributed by atoms with Crippen LogP contribution in [0.4, 0.5) is 0 Å². The molecule has 0 saturated carbocycles. The van der Waals surface area contributed by atoms with Crippen LogP contribution in [-0.2, 0) is 20.0 Å². The molecule has 1 aromatic rings. The zero-order valence-electron chi connectivity index (χ0n) is 14.9. The van der Waals surface area contributed by atoms with Crippen molar-refractivity contribution in [3.8, 4) is 0 Å². The van der Waals surface area contributed by atoms with E-state index in [0.29, 0.717) is 18.7 Å². The molecule has 0 radical (unpaired) electrons. The van der Waals surface area contributed by atoms with Crippen molar-refractivity contribution in [3.63, 3.8) is 0 Å². The molecular weight excluding hydrogens is 362 g/mol. The molecule has 25 heavy (non-hydrogen) atoms. The summed E-state index contributed by atoms with van der Waals surface area (Å²) in [6.45, 7) is 4.72. The van der Waals surface area contributed by atoms with Gasteiger partial charge in [-0.1, -0.05) is 12.5 Å². The molecule has 9 heteroatoms. The fourth-order valence-electron chi connectivity index (χ4n) is 2.69. The summed E-state index contributed by atoms with van der Waals surface area (Å²) in [6.07, 6.45) is 2.69. The Kier molecular flexibility index (Phi) is 6.61. The maximum Gasteiger partial charge on any atom is 0.243 e. The Morgan fingerprint density at radius 2 is 1.76 bits per heavy atom. The standard InChI is InChI=1S/C16H27N3O4S2/c1-13-7-8-15(24(20,21)18-12-14(2)17-3)11-16(13)25(22,23)19-9-5-4-6-10-19/h7-8,11,14,17-18H,4-6,9-10,12H2,1-3H3. The van der Waals surface area contributed by atoms with Gasteiger partial charge >= 0.3 is 0 Å². The van der Waals surface area contributed by atoms with Gasteiger partial charge in [-0.15, -0.1) is 0 Å². The first-order chi connectivity index (χ1) is 11.7. The van der Waals surface area contributed by atoms with Crippen LogP contribution in [0.25, 0.3) is 0 Å². The van der Waals surface area contributed by atoms with E-state index in [4.69, 9.17) is 0 Å². The second kappa shape index (κ2) is 8.13. The van der Waals surface area contributed by atoms with Crippen LogP contribution in [0.15, 0.2) is 28.0 Å². The third kappa shape index (κ3) is 4.79. The van der Waals surface area contributed by atoms with Crippen molar-refractivity contribution in [3.05, 3.63) is 23.8 Å². The summed E-state index contributed by atoms with van der Waals surface area (Å²) in [5, 5.41) is 2.95. The molecule has 0 aromatic heterocycles. The van der Waals surface area contributed by atoms with E-state index in [9.17, 15) is 16.8 Å². The maximum atomic E-state index is 12.9. The van der Waals surface area contributed by atoms with Gasteiger partial charge in [-0.2, -0.15) is 4.31 Å². The van der Waals surface area contributed by atoms with Crippen LogP contribution in [0.5, 0.6) is 0 Å². The molecule has 2 N–H and O–H groups in total. The monoisotopic (exact) mass is 389 g/mol. The first-order valence-electron chi connectivity index (χ1n) is 8.46. The topological polar surface area (TPSA) is 95.6 Å². The fraction of sp³-hybridized carbons (Fsp3) is 0.625. The lowest BCUT2D eigenvalue weighted by Gasteiger charge is -2.26. The summed E-state index contributed by atoms with van der Waals surface area (Å²) >= 11 is 0. The number of piperidine rings is 1. The molecule has 2 rings (SSSR count). The second-order valence-electron chi connectivity index (χ2n) is 6.43. The summed E-state index contributed by atoms with van der Waals surface area (Å²) in [4.78, 5) is 0.0379. The van der Waals surface area contributed by atoms with E-state index in [1.165, 1.54) is 16.4 Å². The average molecular weight is 390 g/mol. The lowest BCUT2D eigenvalue weighted by atomic mass is 10.2. The molecule has 1 atom stereocenters. The molecule has 1 fully saturated rings. The smallest absolute Gasteiger partial charge is 0.243 e. The molecule has 0 amide bonds. The number of nitrogens with zero attached hydrogens (tertiary/aromatic N) is 1. The lowest BCUT2D eigenvalue weighted by Crippen LogP contribution is -2.37. The highest BCUT2D eigenvalue weighted by atomic mass is 32.2. The van der Waals surface area contributed by atoms with Gasteiger partial charge in [-0.05, 0) is 51.4 Å². The van der Waals surface area contributed by atoms with E-state index in [-0.39, 0.29) is 22.4 Å². The van der Waals surface area contributed by atoms with Crippen LogP contribution in [-0.4, -0.2) is 53.9 Å². The Morgan fingerprint density at radius 3 is 2.36 bits per heavy atom. The highest BCUT2D eigenvalue weighted by Gasteiger charge is 2.29. The molecule has 1 saturated heterocycles. The Hall–Kier alpha value is -1.00. The van der Waals surface area contributed by atoms with Gasteiger partial charge in [-0.3, -0.25) is 0 Å². The van der Waals surface area contributed by atoms with Crippen LogP contribution >= 0.6 is 0 Å². The summed E-state index contributed by atoms with van der Waals surface area (Å²) in [6, 6.07) is 4.23. The second-order valence-corrected chi connectivity index (χ2v) is 10.1. The molecular formula is C16H27N3O4S2. The van der Waals surface area contributed by atoms with Gasteiger partial charge in [-0.25, -0.2) is 21.6 Å². The molecule has 1 unspecified atom stereocenters. The van der Waals surface area contributed by atoms with Gasteiger partial charge in [0.1, 0.15) is 0 Å². The molecule has 1 aliphatic heterocycles. The van der Waals surface area contributed by atoms with Crippen molar-refractivity contribution in [1.82, 2.24) is 14.3 Å². The molecule has 0 spiro atoms. The van der Waals surface area contributed by atoms with Crippen molar-refractivity contribution in [2.45, 2.75) is 48.9 Å². The van der Waals surface area contributed by atoms with Gasteiger partial charge in [0.25, 0.3) is 0 Å². The van der Waals surface area contributed by atoms with Crippen LogP contribution in [0.2, 0.25) is 0 Å². The fourth-order valence-corrected chi connectivity index (χ4v) is 5.69. The van der Waals surface area contributed by atoms with E-state index < -0.39 is 20.0 Å². The molecule has 0 aliphatic carbocycles. The van der Waals surface area contributed by atoms with Gasteiger partial charge in [0.15, 0.2) is 0 Å². The highest BCUT2D eigenvalue weighted by Crippen LogP contribution is 2.25. The number of likely N-dealkylation sites (N-methyl/N-ethyl adjacent to an activating group) is 1. The number of sulfonamides is 2. The SMILES string of the molecule is CNC(C)CNS(=O)(=O)c1ccc(C)c(S(=O)(=O)N2CCCCC2)c1. The van der Waals surface area contributed by atoms with Gasteiger partial charge in [0, 0.05) is 25.7 Å². The summed E-state index contributed by atoms with van der Waals surface area (Å²) < 4.78 is 54.7. The minimum Gasteiger partial charge on any atom is -0.316 e. The zero-order valence-corrected chi connectivity index (χ0v) is 16.6. The predicted octanol–water partition coefficient (Wildman–Crippen LogP) is 1.06. The van der Waals surface area contributed by atoms with Crippen molar-refractivity contribution in [2.24, 2.45) is 0 Å². The largest absolute Gasteiger partial charge is 0.316 e.